The van der Waals surface area contributed by atoms with Crippen molar-refractivity contribution in [1.29, 1.82) is 0 Å². The van der Waals surface area contributed by atoms with E-state index in [4.69, 9.17) is 37.4 Å². The Kier molecular flexibility index (Phi) is 3.55. The maximum atomic E-state index is 6.39. The molecular weight excluding hydrogens is 275 g/mol. The van der Waals surface area contributed by atoms with Crippen LogP contribution in [-0.4, -0.2) is 26.4 Å². The van der Waals surface area contributed by atoms with E-state index >= 15 is 0 Å². The molecule has 3 rings (SSSR count). The predicted molar refractivity (Wildman–Crippen MR) is 70.2 cm³/mol. The molecular formula is C13H14Cl2O3. The molecule has 0 saturated heterocycles. The Morgan fingerprint density at radius 3 is 2.89 bits per heavy atom. The summed E-state index contributed by atoms with van der Waals surface area (Å²) in [6, 6.07) is 1.83. The van der Waals surface area contributed by atoms with Crippen molar-refractivity contribution in [2.45, 2.75) is 18.2 Å². The van der Waals surface area contributed by atoms with Gasteiger partial charge in [0, 0.05) is 23.1 Å². The second-order valence-corrected chi connectivity index (χ2v) is 5.35. The zero-order valence-corrected chi connectivity index (χ0v) is 11.4. The molecule has 0 N–H and O–H groups in total. The van der Waals surface area contributed by atoms with E-state index in [1.807, 2.05) is 6.07 Å². The Morgan fingerprint density at radius 1 is 1.17 bits per heavy atom. The molecule has 0 aromatic heterocycles. The van der Waals surface area contributed by atoms with Crippen LogP contribution in [-0.2, 0) is 11.2 Å². The average Bonchev–Trinajstić information content (AvgIpc) is 2.68. The van der Waals surface area contributed by atoms with Gasteiger partial charge < -0.3 is 14.2 Å². The number of hydrogen-bond donors (Lipinski definition) is 0. The summed E-state index contributed by atoms with van der Waals surface area (Å²) in [4.78, 5) is 0. The van der Waals surface area contributed by atoms with Crippen LogP contribution in [0.4, 0.5) is 0 Å². The molecule has 1 aromatic carbocycles. The topological polar surface area (TPSA) is 27.7 Å². The molecule has 2 aliphatic rings. The van der Waals surface area contributed by atoms with Crippen LogP contribution in [0.15, 0.2) is 6.07 Å². The first kappa shape index (κ1) is 12.4. The summed E-state index contributed by atoms with van der Waals surface area (Å²) < 4.78 is 17.0. The van der Waals surface area contributed by atoms with Crippen molar-refractivity contribution in [2.75, 3.05) is 26.4 Å². The zero-order valence-electron chi connectivity index (χ0n) is 9.88. The van der Waals surface area contributed by atoms with Crippen LogP contribution in [0.3, 0.4) is 0 Å². The molecule has 1 aromatic rings. The molecule has 5 heteroatoms. The summed E-state index contributed by atoms with van der Waals surface area (Å²) in [5.74, 6) is 1.45. The van der Waals surface area contributed by atoms with E-state index in [9.17, 15) is 0 Å². The molecule has 0 spiro atoms. The molecule has 18 heavy (non-hydrogen) atoms. The van der Waals surface area contributed by atoms with Crippen molar-refractivity contribution in [3.63, 3.8) is 0 Å². The van der Waals surface area contributed by atoms with Gasteiger partial charge in [0.2, 0.25) is 0 Å². The number of halogens is 2. The van der Waals surface area contributed by atoms with Crippen LogP contribution in [0.2, 0.25) is 5.02 Å². The van der Waals surface area contributed by atoms with Crippen LogP contribution in [0.1, 0.15) is 22.9 Å². The summed E-state index contributed by atoms with van der Waals surface area (Å²) in [5.41, 5.74) is 1.97. The van der Waals surface area contributed by atoms with E-state index in [2.05, 4.69) is 0 Å². The smallest absolute Gasteiger partial charge is 0.166 e. The number of rotatable bonds is 0. The van der Waals surface area contributed by atoms with Crippen molar-refractivity contribution in [3.05, 3.63) is 22.2 Å². The van der Waals surface area contributed by atoms with Gasteiger partial charge >= 0.3 is 0 Å². The number of benzene rings is 1. The average molecular weight is 289 g/mol. The molecule has 1 atom stereocenters. The van der Waals surface area contributed by atoms with Crippen molar-refractivity contribution in [1.82, 2.24) is 0 Å². The first-order valence-corrected chi connectivity index (χ1v) is 6.91. The lowest BCUT2D eigenvalue weighted by Gasteiger charge is -2.18. The largest absolute Gasteiger partial charge is 0.489 e. The molecule has 0 radical (unpaired) electrons. The third kappa shape index (κ3) is 2.15. The lowest BCUT2D eigenvalue weighted by atomic mass is 10.0. The molecule has 2 heterocycles. The molecule has 0 bridgehead atoms. The van der Waals surface area contributed by atoms with Crippen LogP contribution in [0.25, 0.3) is 0 Å². The highest BCUT2D eigenvalue weighted by Crippen LogP contribution is 2.45. The molecule has 1 unspecified atom stereocenters. The maximum absolute atomic E-state index is 6.39. The first-order valence-electron chi connectivity index (χ1n) is 6.10. The van der Waals surface area contributed by atoms with E-state index in [-0.39, 0.29) is 5.38 Å². The summed E-state index contributed by atoms with van der Waals surface area (Å²) in [7, 11) is 0. The SMILES string of the molecule is Clc1cc2c(c3c1CCOCC3Cl)OCCCO2. The van der Waals surface area contributed by atoms with Gasteiger partial charge in [0.15, 0.2) is 11.5 Å². The normalized spacial score (nSPS) is 22.9. The Morgan fingerprint density at radius 2 is 2.00 bits per heavy atom. The second kappa shape index (κ2) is 5.16. The molecule has 2 aliphatic heterocycles. The second-order valence-electron chi connectivity index (χ2n) is 4.42. The van der Waals surface area contributed by atoms with Gasteiger partial charge in [0.05, 0.1) is 31.8 Å². The Labute approximate surface area is 116 Å². The number of ether oxygens (including phenoxy) is 3. The van der Waals surface area contributed by atoms with Crippen LogP contribution in [0.5, 0.6) is 11.5 Å². The number of hydrogen-bond acceptors (Lipinski definition) is 3. The highest BCUT2D eigenvalue weighted by atomic mass is 35.5. The molecule has 3 nitrogen and oxygen atoms in total. The minimum absolute atomic E-state index is 0.239. The fourth-order valence-electron chi connectivity index (χ4n) is 2.37. The zero-order chi connectivity index (χ0) is 12.5. The molecule has 0 fully saturated rings. The highest BCUT2D eigenvalue weighted by molar-refractivity contribution is 6.32. The summed E-state index contributed by atoms with van der Waals surface area (Å²) in [5, 5.41) is 0.446. The predicted octanol–water partition coefficient (Wildman–Crippen LogP) is 3.35. The first-order chi connectivity index (χ1) is 8.77. The molecule has 0 amide bonds. The third-order valence-electron chi connectivity index (χ3n) is 3.21. The van der Waals surface area contributed by atoms with E-state index in [0.717, 1.165) is 29.7 Å². The maximum Gasteiger partial charge on any atom is 0.166 e. The quantitative estimate of drug-likeness (QED) is 0.685. The number of alkyl halides is 1. The van der Waals surface area contributed by atoms with Gasteiger partial charge in [-0.15, -0.1) is 11.6 Å². The van der Waals surface area contributed by atoms with E-state index in [0.29, 0.717) is 37.2 Å². The van der Waals surface area contributed by atoms with Crippen molar-refractivity contribution in [2.24, 2.45) is 0 Å². The summed E-state index contributed by atoms with van der Waals surface area (Å²) in [6.07, 6.45) is 1.62. The van der Waals surface area contributed by atoms with Crippen molar-refractivity contribution >= 4 is 23.2 Å². The standard InChI is InChI=1S/C13H14Cl2O3/c14-9-6-11-13(18-4-1-3-17-11)12-8(9)2-5-16-7-10(12)15/h6,10H,1-5,7H2. The minimum Gasteiger partial charge on any atom is -0.489 e. The molecule has 98 valence electrons. The summed E-state index contributed by atoms with van der Waals surface area (Å²) in [6.45, 7) is 2.40. The van der Waals surface area contributed by atoms with Gasteiger partial charge in [-0.3, -0.25) is 0 Å². The lowest BCUT2D eigenvalue weighted by Crippen LogP contribution is -2.05. The van der Waals surface area contributed by atoms with Crippen LogP contribution < -0.4 is 9.47 Å². The van der Waals surface area contributed by atoms with Gasteiger partial charge in [-0.1, -0.05) is 11.6 Å². The Balaban J connectivity index is 2.17. The fourth-order valence-corrected chi connectivity index (χ4v) is 2.98. The Bertz CT molecular complexity index is 462. The van der Waals surface area contributed by atoms with Crippen molar-refractivity contribution in [3.8, 4) is 11.5 Å². The monoisotopic (exact) mass is 288 g/mol. The van der Waals surface area contributed by atoms with Gasteiger partial charge in [-0.05, 0) is 12.0 Å². The van der Waals surface area contributed by atoms with E-state index < -0.39 is 0 Å². The van der Waals surface area contributed by atoms with Gasteiger partial charge in [-0.25, -0.2) is 0 Å². The van der Waals surface area contributed by atoms with Crippen LogP contribution >= 0.6 is 23.2 Å². The number of fused-ring (bicyclic) bond motifs is 3. The lowest BCUT2D eigenvalue weighted by molar-refractivity contribution is 0.143. The summed E-state index contributed by atoms with van der Waals surface area (Å²) >= 11 is 12.7. The van der Waals surface area contributed by atoms with Gasteiger partial charge in [-0.2, -0.15) is 0 Å². The van der Waals surface area contributed by atoms with Crippen LogP contribution in [0, 0.1) is 0 Å². The molecule has 0 aliphatic carbocycles. The van der Waals surface area contributed by atoms with Crippen molar-refractivity contribution < 1.29 is 14.2 Å². The molecule has 0 saturated carbocycles. The highest BCUT2D eigenvalue weighted by Gasteiger charge is 2.28. The van der Waals surface area contributed by atoms with Gasteiger partial charge in [0.1, 0.15) is 0 Å². The van der Waals surface area contributed by atoms with Gasteiger partial charge in [0.25, 0.3) is 0 Å². The minimum atomic E-state index is -0.239. The fraction of sp³-hybridized carbons (Fsp3) is 0.538. The third-order valence-corrected chi connectivity index (χ3v) is 3.89. The van der Waals surface area contributed by atoms with E-state index in [1.54, 1.807) is 0 Å². The van der Waals surface area contributed by atoms with E-state index in [1.165, 1.54) is 0 Å². The Hall–Kier alpha value is -0.640.